The van der Waals surface area contributed by atoms with Crippen molar-refractivity contribution < 1.29 is 9.53 Å². The van der Waals surface area contributed by atoms with E-state index in [0.717, 1.165) is 5.69 Å². The first kappa shape index (κ1) is 12.5. The minimum Gasteiger partial charge on any atom is -0.479 e. The molecular formula is C14H16N4O2. The fraction of sp³-hybridized carbons (Fsp3) is 0.286. The van der Waals surface area contributed by atoms with E-state index >= 15 is 0 Å². The molecule has 3 rings (SSSR count). The van der Waals surface area contributed by atoms with Crippen LogP contribution in [0, 0.1) is 0 Å². The molecule has 2 heterocycles. The summed E-state index contributed by atoms with van der Waals surface area (Å²) in [4.78, 5) is 14.0. The molecule has 104 valence electrons. The second kappa shape index (κ2) is 4.88. The van der Waals surface area contributed by atoms with Gasteiger partial charge in [0, 0.05) is 30.7 Å². The van der Waals surface area contributed by atoms with Gasteiger partial charge >= 0.3 is 0 Å². The Balaban J connectivity index is 1.87. The summed E-state index contributed by atoms with van der Waals surface area (Å²) in [6.45, 7) is 2.93. The van der Waals surface area contributed by atoms with Crippen molar-refractivity contribution in [2.45, 2.75) is 19.6 Å². The number of benzene rings is 1. The number of nitrogens with zero attached hydrogens (tertiary/aromatic N) is 3. The highest BCUT2D eigenvalue weighted by atomic mass is 16.5. The molecule has 0 aliphatic carbocycles. The van der Waals surface area contributed by atoms with E-state index in [9.17, 15) is 4.79 Å². The highest BCUT2D eigenvalue weighted by Gasteiger charge is 2.31. The summed E-state index contributed by atoms with van der Waals surface area (Å²) in [5.74, 6) is 0.604. The van der Waals surface area contributed by atoms with Crippen LogP contribution in [-0.2, 0) is 11.3 Å². The minimum absolute atomic E-state index is 0.0468. The van der Waals surface area contributed by atoms with Crippen LogP contribution in [0.2, 0.25) is 0 Å². The maximum Gasteiger partial charge on any atom is 0.267 e. The molecule has 0 saturated heterocycles. The van der Waals surface area contributed by atoms with Crippen LogP contribution in [0.1, 0.15) is 6.92 Å². The zero-order valence-electron chi connectivity index (χ0n) is 11.2. The van der Waals surface area contributed by atoms with Gasteiger partial charge in [-0.3, -0.25) is 9.48 Å². The van der Waals surface area contributed by atoms with Crippen LogP contribution in [0.25, 0.3) is 0 Å². The van der Waals surface area contributed by atoms with Crippen molar-refractivity contribution in [1.82, 2.24) is 9.78 Å². The van der Waals surface area contributed by atoms with Crippen molar-refractivity contribution in [3.8, 4) is 5.75 Å². The lowest BCUT2D eigenvalue weighted by molar-refractivity contribution is -0.125. The number of nitrogen functional groups attached to an aromatic ring is 1. The van der Waals surface area contributed by atoms with E-state index in [0.29, 0.717) is 24.5 Å². The maximum atomic E-state index is 12.3. The standard InChI is InChI=1S/C14H16N4O2/c1-10-14(19)18(8-7-17-6-2-5-16-17)12-4-3-11(15)9-13(12)20-10/h2-6,9-10H,7-8,15H2,1H3. The van der Waals surface area contributed by atoms with Crippen LogP contribution in [0.5, 0.6) is 5.75 Å². The lowest BCUT2D eigenvalue weighted by atomic mass is 10.1. The van der Waals surface area contributed by atoms with Crippen molar-refractivity contribution >= 4 is 17.3 Å². The summed E-state index contributed by atoms with van der Waals surface area (Å²) in [5, 5.41) is 4.14. The van der Waals surface area contributed by atoms with Crippen LogP contribution in [0.3, 0.4) is 0 Å². The molecule has 1 atom stereocenters. The van der Waals surface area contributed by atoms with E-state index in [2.05, 4.69) is 5.10 Å². The van der Waals surface area contributed by atoms with Gasteiger partial charge < -0.3 is 15.4 Å². The van der Waals surface area contributed by atoms with Gasteiger partial charge in [0.2, 0.25) is 0 Å². The van der Waals surface area contributed by atoms with Gasteiger partial charge in [-0.2, -0.15) is 5.10 Å². The molecule has 0 bridgehead atoms. The molecule has 1 aromatic carbocycles. The Morgan fingerprint density at radius 3 is 3.00 bits per heavy atom. The number of carbonyl (C=O) groups is 1. The summed E-state index contributed by atoms with van der Waals surface area (Å²) in [5.41, 5.74) is 7.14. The summed E-state index contributed by atoms with van der Waals surface area (Å²) >= 11 is 0. The van der Waals surface area contributed by atoms with E-state index in [1.165, 1.54) is 0 Å². The SMILES string of the molecule is CC1Oc2cc(N)ccc2N(CCn2cccn2)C1=O. The van der Waals surface area contributed by atoms with Crippen molar-refractivity contribution in [3.63, 3.8) is 0 Å². The molecule has 1 unspecified atom stereocenters. The molecule has 2 N–H and O–H groups in total. The normalized spacial score (nSPS) is 17.8. The zero-order valence-corrected chi connectivity index (χ0v) is 11.2. The Morgan fingerprint density at radius 2 is 2.25 bits per heavy atom. The van der Waals surface area contributed by atoms with Gasteiger partial charge in [-0.25, -0.2) is 0 Å². The monoisotopic (exact) mass is 272 g/mol. The summed E-state index contributed by atoms with van der Waals surface area (Å²) < 4.78 is 7.39. The smallest absolute Gasteiger partial charge is 0.267 e. The van der Waals surface area contributed by atoms with Crippen molar-refractivity contribution in [2.75, 3.05) is 17.2 Å². The van der Waals surface area contributed by atoms with Crippen molar-refractivity contribution in [1.29, 1.82) is 0 Å². The fourth-order valence-electron chi connectivity index (χ4n) is 2.29. The molecule has 0 saturated carbocycles. The van der Waals surface area contributed by atoms with Gasteiger partial charge in [-0.1, -0.05) is 0 Å². The van der Waals surface area contributed by atoms with E-state index in [1.807, 2.05) is 18.3 Å². The number of ether oxygens (including phenoxy) is 1. The van der Waals surface area contributed by atoms with E-state index in [1.54, 1.807) is 34.8 Å². The highest BCUT2D eigenvalue weighted by Crippen LogP contribution is 2.35. The van der Waals surface area contributed by atoms with E-state index in [4.69, 9.17) is 10.5 Å². The number of rotatable bonds is 3. The lowest BCUT2D eigenvalue weighted by Crippen LogP contribution is -2.45. The number of nitrogens with two attached hydrogens (primary N) is 1. The van der Waals surface area contributed by atoms with Crippen LogP contribution in [0.4, 0.5) is 11.4 Å². The number of hydrogen-bond acceptors (Lipinski definition) is 4. The summed E-state index contributed by atoms with van der Waals surface area (Å²) in [6, 6.07) is 7.20. The van der Waals surface area contributed by atoms with Crippen molar-refractivity contribution in [2.24, 2.45) is 0 Å². The van der Waals surface area contributed by atoms with Gasteiger partial charge in [0.25, 0.3) is 5.91 Å². The van der Waals surface area contributed by atoms with Gasteiger partial charge in [-0.05, 0) is 25.1 Å². The average Bonchev–Trinajstić information content (AvgIpc) is 2.92. The van der Waals surface area contributed by atoms with E-state index < -0.39 is 6.10 Å². The number of amides is 1. The topological polar surface area (TPSA) is 73.4 Å². The van der Waals surface area contributed by atoms with Gasteiger partial charge in [0.1, 0.15) is 5.75 Å². The molecule has 6 nitrogen and oxygen atoms in total. The van der Waals surface area contributed by atoms with Gasteiger partial charge in [0.05, 0.1) is 12.2 Å². The number of carbonyl (C=O) groups excluding carboxylic acids is 1. The maximum absolute atomic E-state index is 12.3. The zero-order chi connectivity index (χ0) is 14.1. The Kier molecular flexibility index (Phi) is 3.06. The number of aromatic nitrogens is 2. The Labute approximate surface area is 116 Å². The second-order valence-corrected chi connectivity index (χ2v) is 4.75. The Hall–Kier alpha value is -2.50. The van der Waals surface area contributed by atoms with Crippen LogP contribution in [0.15, 0.2) is 36.7 Å². The third-order valence-electron chi connectivity index (χ3n) is 3.30. The molecular weight excluding hydrogens is 256 g/mol. The average molecular weight is 272 g/mol. The third kappa shape index (κ3) is 2.20. The molecule has 6 heteroatoms. The third-order valence-corrected chi connectivity index (χ3v) is 3.30. The predicted octanol–water partition coefficient (Wildman–Crippen LogP) is 1.28. The molecule has 1 aliphatic rings. The first-order valence-corrected chi connectivity index (χ1v) is 6.50. The Bertz CT molecular complexity index is 624. The molecule has 20 heavy (non-hydrogen) atoms. The van der Waals surface area contributed by atoms with Crippen molar-refractivity contribution in [3.05, 3.63) is 36.7 Å². The number of hydrogen-bond donors (Lipinski definition) is 1. The fourth-order valence-corrected chi connectivity index (χ4v) is 2.29. The largest absolute Gasteiger partial charge is 0.479 e. The minimum atomic E-state index is -0.498. The van der Waals surface area contributed by atoms with Gasteiger partial charge in [0.15, 0.2) is 6.10 Å². The molecule has 2 aromatic rings. The molecule has 0 fully saturated rings. The van der Waals surface area contributed by atoms with Crippen LogP contribution >= 0.6 is 0 Å². The second-order valence-electron chi connectivity index (χ2n) is 4.75. The van der Waals surface area contributed by atoms with Crippen LogP contribution < -0.4 is 15.4 Å². The molecule has 0 radical (unpaired) electrons. The van der Waals surface area contributed by atoms with Gasteiger partial charge in [-0.15, -0.1) is 0 Å². The molecule has 1 aliphatic heterocycles. The first-order valence-electron chi connectivity index (χ1n) is 6.50. The molecule has 1 amide bonds. The van der Waals surface area contributed by atoms with Crippen LogP contribution in [-0.4, -0.2) is 28.3 Å². The summed E-state index contributed by atoms with van der Waals surface area (Å²) in [6.07, 6.45) is 3.10. The summed E-state index contributed by atoms with van der Waals surface area (Å²) in [7, 11) is 0. The number of fused-ring (bicyclic) bond motifs is 1. The first-order chi connectivity index (χ1) is 9.65. The highest BCUT2D eigenvalue weighted by molar-refractivity contribution is 6.00. The molecule has 0 spiro atoms. The number of anilines is 2. The quantitative estimate of drug-likeness (QED) is 0.854. The lowest BCUT2D eigenvalue weighted by Gasteiger charge is -2.33. The Morgan fingerprint density at radius 1 is 1.40 bits per heavy atom. The van der Waals surface area contributed by atoms with E-state index in [-0.39, 0.29) is 5.91 Å². The molecule has 1 aromatic heterocycles. The predicted molar refractivity (Wildman–Crippen MR) is 75.5 cm³/mol.